The summed E-state index contributed by atoms with van der Waals surface area (Å²) in [6.45, 7) is 9.66. The van der Waals surface area contributed by atoms with E-state index in [9.17, 15) is 4.79 Å². The monoisotopic (exact) mass is 245 g/mol. The number of carbonyl (C=O) groups excluding carboxylic acids is 1. The van der Waals surface area contributed by atoms with Crippen LogP contribution in [-0.4, -0.2) is 12.1 Å². The molecule has 1 rings (SSSR count). The summed E-state index contributed by atoms with van der Waals surface area (Å²) in [5.41, 5.74) is 1.72. The third kappa shape index (κ3) is 3.33. The number of esters is 1. The van der Waals surface area contributed by atoms with Gasteiger partial charge in [0, 0.05) is 0 Å². The van der Waals surface area contributed by atoms with E-state index in [1.54, 1.807) is 18.2 Å². The molecule has 3 nitrogen and oxygen atoms in total. The van der Waals surface area contributed by atoms with Gasteiger partial charge >= 0.3 is 5.97 Å². The molecule has 1 aromatic carbocycles. The Morgan fingerprint density at radius 3 is 2.39 bits per heavy atom. The lowest BCUT2D eigenvalue weighted by atomic mass is 9.83. The molecule has 96 valence electrons. The molecule has 0 radical (unpaired) electrons. The van der Waals surface area contributed by atoms with Crippen molar-refractivity contribution in [2.24, 2.45) is 0 Å². The Bertz CT molecular complexity index is 490. The van der Waals surface area contributed by atoms with Crippen molar-refractivity contribution < 1.29 is 9.53 Å². The molecule has 0 fully saturated rings. The lowest BCUT2D eigenvalue weighted by Crippen LogP contribution is -2.20. The maximum atomic E-state index is 12.0. The van der Waals surface area contributed by atoms with Crippen molar-refractivity contribution >= 4 is 5.97 Å². The summed E-state index contributed by atoms with van der Waals surface area (Å²) in [7, 11) is 0. The maximum absolute atomic E-state index is 12.0. The van der Waals surface area contributed by atoms with Crippen LogP contribution in [0.4, 0.5) is 0 Å². The molecule has 0 amide bonds. The molecule has 0 N–H and O–H groups in total. The van der Waals surface area contributed by atoms with Gasteiger partial charge < -0.3 is 4.74 Å². The Balaban J connectivity index is 3.28. The molecule has 0 aliphatic carbocycles. The highest BCUT2D eigenvalue weighted by atomic mass is 16.5. The molecule has 0 saturated heterocycles. The van der Waals surface area contributed by atoms with E-state index in [-0.39, 0.29) is 17.5 Å². The van der Waals surface area contributed by atoms with Crippen LogP contribution in [0.1, 0.15) is 56.1 Å². The highest BCUT2D eigenvalue weighted by Gasteiger charge is 2.23. The van der Waals surface area contributed by atoms with Gasteiger partial charge in [0.05, 0.1) is 23.3 Å². The fraction of sp³-hybridized carbons (Fsp3) is 0.467. The van der Waals surface area contributed by atoms with E-state index >= 15 is 0 Å². The lowest BCUT2D eigenvalue weighted by Gasteiger charge is -2.22. The van der Waals surface area contributed by atoms with Crippen molar-refractivity contribution in [1.82, 2.24) is 0 Å². The van der Waals surface area contributed by atoms with Crippen LogP contribution in [0.25, 0.3) is 0 Å². The van der Waals surface area contributed by atoms with E-state index in [0.29, 0.717) is 11.1 Å². The topological polar surface area (TPSA) is 50.1 Å². The smallest absolute Gasteiger partial charge is 0.338 e. The third-order valence-corrected chi connectivity index (χ3v) is 2.52. The summed E-state index contributed by atoms with van der Waals surface area (Å²) in [6.07, 6.45) is -0.152. The summed E-state index contributed by atoms with van der Waals surface area (Å²) in [5, 5.41) is 8.94. The first-order valence-corrected chi connectivity index (χ1v) is 6.01. The molecule has 0 aliphatic heterocycles. The maximum Gasteiger partial charge on any atom is 0.338 e. The molecule has 0 aliphatic rings. The van der Waals surface area contributed by atoms with E-state index in [1.807, 2.05) is 34.6 Å². The van der Waals surface area contributed by atoms with Crippen LogP contribution in [0.3, 0.4) is 0 Å². The van der Waals surface area contributed by atoms with Gasteiger partial charge in [0.15, 0.2) is 0 Å². The lowest BCUT2D eigenvalue weighted by molar-refractivity contribution is 0.0375. The summed E-state index contributed by atoms with van der Waals surface area (Å²) >= 11 is 0. The first kappa shape index (κ1) is 14.2. The van der Waals surface area contributed by atoms with Gasteiger partial charge in [-0.25, -0.2) is 4.79 Å². The van der Waals surface area contributed by atoms with E-state index in [4.69, 9.17) is 10.00 Å². The largest absolute Gasteiger partial charge is 0.459 e. The van der Waals surface area contributed by atoms with E-state index < -0.39 is 0 Å². The van der Waals surface area contributed by atoms with Crippen molar-refractivity contribution in [3.8, 4) is 6.07 Å². The Hall–Kier alpha value is -1.82. The van der Waals surface area contributed by atoms with Crippen LogP contribution in [0, 0.1) is 11.3 Å². The van der Waals surface area contributed by atoms with E-state index in [0.717, 1.165) is 5.56 Å². The zero-order valence-electron chi connectivity index (χ0n) is 11.6. The molecule has 0 aromatic heterocycles. The van der Waals surface area contributed by atoms with Crippen molar-refractivity contribution in [3.63, 3.8) is 0 Å². The second-order valence-corrected chi connectivity index (χ2v) is 5.58. The van der Waals surface area contributed by atoms with E-state index in [1.165, 1.54) is 0 Å². The first-order valence-electron chi connectivity index (χ1n) is 6.01. The molecule has 0 atom stereocenters. The molecule has 0 spiro atoms. The summed E-state index contributed by atoms with van der Waals surface area (Å²) < 4.78 is 5.22. The zero-order chi connectivity index (χ0) is 13.9. The van der Waals surface area contributed by atoms with Gasteiger partial charge in [-0.3, -0.25) is 0 Å². The fourth-order valence-electron chi connectivity index (χ4n) is 1.69. The summed E-state index contributed by atoms with van der Waals surface area (Å²) in [4.78, 5) is 12.0. The molecular weight excluding hydrogens is 226 g/mol. The van der Waals surface area contributed by atoms with Crippen molar-refractivity contribution in [2.75, 3.05) is 0 Å². The highest BCUT2D eigenvalue weighted by molar-refractivity contribution is 5.91. The molecule has 3 heteroatoms. The fourth-order valence-corrected chi connectivity index (χ4v) is 1.69. The summed E-state index contributed by atoms with van der Waals surface area (Å²) in [5.74, 6) is -0.334. The molecule has 0 unspecified atom stereocenters. The molecule has 0 heterocycles. The number of hydrogen-bond acceptors (Lipinski definition) is 3. The molecule has 1 aromatic rings. The first-order chi connectivity index (χ1) is 8.25. The van der Waals surface area contributed by atoms with Crippen molar-refractivity contribution in [2.45, 2.75) is 46.1 Å². The molecular formula is C15H19NO2. The number of ether oxygens (including phenoxy) is 1. The summed E-state index contributed by atoms with van der Waals surface area (Å²) in [6, 6.07) is 7.17. The van der Waals surface area contributed by atoms with Crippen LogP contribution < -0.4 is 0 Å². The minimum absolute atomic E-state index is 0.152. The van der Waals surface area contributed by atoms with Gasteiger partial charge in [0.2, 0.25) is 0 Å². The standard InChI is InChI=1S/C15H19NO2/c1-10(2)18-14(17)12-7-6-11(9-16)8-13(12)15(3,4)5/h6-8,10H,1-5H3. The number of nitriles is 1. The Morgan fingerprint density at radius 1 is 1.33 bits per heavy atom. The second kappa shape index (κ2) is 5.22. The van der Waals surface area contributed by atoms with Gasteiger partial charge in [-0.15, -0.1) is 0 Å². The SMILES string of the molecule is CC(C)OC(=O)c1ccc(C#N)cc1C(C)(C)C. The zero-order valence-corrected chi connectivity index (χ0v) is 11.6. The van der Waals surface area contributed by atoms with Crippen LogP contribution in [0.2, 0.25) is 0 Å². The minimum atomic E-state index is -0.334. The van der Waals surface area contributed by atoms with Crippen molar-refractivity contribution in [3.05, 3.63) is 34.9 Å². The Labute approximate surface area is 108 Å². The van der Waals surface area contributed by atoms with Crippen molar-refractivity contribution in [1.29, 1.82) is 5.26 Å². The van der Waals surface area contributed by atoms with Crippen LogP contribution >= 0.6 is 0 Å². The van der Waals surface area contributed by atoms with Gasteiger partial charge in [-0.2, -0.15) is 5.26 Å². The molecule has 18 heavy (non-hydrogen) atoms. The Morgan fingerprint density at radius 2 is 1.94 bits per heavy atom. The Kier molecular flexibility index (Phi) is 4.13. The molecule has 0 saturated carbocycles. The number of hydrogen-bond donors (Lipinski definition) is 0. The second-order valence-electron chi connectivity index (χ2n) is 5.58. The number of carbonyl (C=O) groups is 1. The average Bonchev–Trinajstić information content (AvgIpc) is 2.26. The van der Waals surface area contributed by atoms with E-state index in [2.05, 4.69) is 6.07 Å². The third-order valence-electron chi connectivity index (χ3n) is 2.52. The van der Waals surface area contributed by atoms with Crippen LogP contribution in [0.15, 0.2) is 18.2 Å². The number of nitrogens with zero attached hydrogens (tertiary/aromatic N) is 1. The van der Waals surface area contributed by atoms with Crippen LogP contribution in [-0.2, 0) is 10.2 Å². The van der Waals surface area contributed by atoms with Gasteiger partial charge in [0.1, 0.15) is 0 Å². The number of benzene rings is 1. The van der Waals surface area contributed by atoms with Gasteiger partial charge in [0.25, 0.3) is 0 Å². The van der Waals surface area contributed by atoms with Gasteiger partial charge in [-0.05, 0) is 43.0 Å². The minimum Gasteiger partial charge on any atom is -0.459 e. The van der Waals surface area contributed by atoms with Crippen LogP contribution in [0.5, 0.6) is 0 Å². The highest BCUT2D eigenvalue weighted by Crippen LogP contribution is 2.27. The predicted molar refractivity (Wildman–Crippen MR) is 70.4 cm³/mol. The average molecular weight is 245 g/mol. The quantitative estimate of drug-likeness (QED) is 0.750. The number of rotatable bonds is 2. The van der Waals surface area contributed by atoms with Gasteiger partial charge in [-0.1, -0.05) is 20.8 Å². The molecule has 0 bridgehead atoms. The predicted octanol–water partition coefficient (Wildman–Crippen LogP) is 3.42. The normalized spacial score (nSPS) is 11.2.